The van der Waals surface area contributed by atoms with Crippen LogP contribution in [0, 0.1) is 0 Å². The largest absolute Gasteiger partial charge is 0.332 e. The molecule has 9 heteroatoms. The molecule has 0 amide bonds. The monoisotopic (exact) mass is 390 g/mol. The van der Waals surface area contributed by atoms with Crippen molar-refractivity contribution < 1.29 is 0 Å². The van der Waals surface area contributed by atoms with Crippen LogP contribution in [0.1, 0.15) is 5.56 Å². The fraction of sp³-hybridized carbons (Fsp3) is 0.200. The van der Waals surface area contributed by atoms with Crippen LogP contribution in [-0.4, -0.2) is 24.9 Å². The Bertz CT molecular complexity index is 1080. The molecule has 2 heterocycles. The average Bonchev–Trinajstić information content (AvgIpc) is 2.88. The van der Waals surface area contributed by atoms with Gasteiger partial charge in [0.2, 0.25) is 5.95 Å². The van der Waals surface area contributed by atoms with E-state index in [1.165, 1.54) is 11.6 Å². The highest BCUT2D eigenvalue weighted by Crippen LogP contribution is 2.13. The maximum atomic E-state index is 12.3. The minimum atomic E-state index is -0.421. The number of aryl methyl sites for hydroxylation is 2. The first kappa shape index (κ1) is 16.2. The van der Waals surface area contributed by atoms with E-state index in [1.54, 1.807) is 24.9 Å². The number of anilines is 1. The molecule has 0 fully saturated rings. The molecule has 124 valence electrons. The van der Waals surface area contributed by atoms with Crippen molar-refractivity contribution in [2.75, 3.05) is 5.43 Å². The van der Waals surface area contributed by atoms with Crippen molar-refractivity contribution in [3.8, 4) is 0 Å². The van der Waals surface area contributed by atoms with Gasteiger partial charge in [0.05, 0.1) is 6.21 Å². The lowest BCUT2D eigenvalue weighted by atomic mass is 10.2. The summed E-state index contributed by atoms with van der Waals surface area (Å²) in [4.78, 5) is 28.6. The van der Waals surface area contributed by atoms with Crippen molar-refractivity contribution in [2.24, 2.45) is 26.2 Å². The summed E-state index contributed by atoms with van der Waals surface area (Å²) in [7, 11) is 4.71. The van der Waals surface area contributed by atoms with Crippen molar-refractivity contribution in [1.29, 1.82) is 0 Å². The molecule has 24 heavy (non-hydrogen) atoms. The summed E-state index contributed by atoms with van der Waals surface area (Å²) < 4.78 is 4.92. The van der Waals surface area contributed by atoms with Crippen LogP contribution < -0.4 is 16.7 Å². The molecule has 0 saturated heterocycles. The van der Waals surface area contributed by atoms with Crippen molar-refractivity contribution in [3.05, 3.63) is 55.1 Å². The minimum absolute atomic E-state index is 0.311. The zero-order chi connectivity index (χ0) is 17.4. The predicted octanol–water partition coefficient (Wildman–Crippen LogP) is 1.18. The molecule has 0 aliphatic rings. The zero-order valence-electron chi connectivity index (χ0n) is 13.3. The highest BCUT2D eigenvalue weighted by Gasteiger charge is 2.16. The van der Waals surface area contributed by atoms with Crippen LogP contribution >= 0.6 is 15.9 Å². The van der Waals surface area contributed by atoms with Crippen LogP contribution in [0.3, 0.4) is 0 Å². The summed E-state index contributed by atoms with van der Waals surface area (Å²) >= 11 is 3.40. The van der Waals surface area contributed by atoms with E-state index in [4.69, 9.17) is 0 Å². The van der Waals surface area contributed by atoms with Gasteiger partial charge < -0.3 is 4.57 Å². The highest BCUT2D eigenvalue weighted by molar-refractivity contribution is 9.10. The fourth-order valence-electron chi connectivity index (χ4n) is 2.37. The molecular weight excluding hydrogens is 376 g/mol. The number of halogens is 1. The molecule has 0 spiro atoms. The molecule has 0 unspecified atom stereocenters. The number of nitrogens with zero attached hydrogens (tertiary/aromatic N) is 5. The Morgan fingerprint density at radius 1 is 1.17 bits per heavy atom. The van der Waals surface area contributed by atoms with Gasteiger partial charge >= 0.3 is 5.69 Å². The summed E-state index contributed by atoms with van der Waals surface area (Å²) in [6.07, 6.45) is 1.64. The topological polar surface area (TPSA) is 86.2 Å². The van der Waals surface area contributed by atoms with Crippen LogP contribution in [0.5, 0.6) is 0 Å². The lowest BCUT2D eigenvalue weighted by molar-refractivity contribution is 0.705. The van der Waals surface area contributed by atoms with E-state index in [1.807, 2.05) is 24.3 Å². The third kappa shape index (κ3) is 2.67. The third-order valence-corrected chi connectivity index (χ3v) is 4.20. The molecule has 1 aromatic carbocycles. The van der Waals surface area contributed by atoms with Crippen LogP contribution in [-0.2, 0) is 21.1 Å². The molecule has 3 rings (SSSR count). The normalized spacial score (nSPS) is 11.5. The number of hydrazone groups is 1. The third-order valence-electron chi connectivity index (χ3n) is 3.70. The average molecular weight is 391 g/mol. The number of rotatable bonds is 3. The molecule has 1 N–H and O–H groups in total. The number of imidazole rings is 1. The second-order valence-corrected chi connectivity index (χ2v) is 6.21. The van der Waals surface area contributed by atoms with Gasteiger partial charge in [-0.1, -0.05) is 28.1 Å². The summed E-state index contributed by atoms with van der Waals surface area (Å²) in [5, 5.41) is 4.14. The number of hydrogen-bond acceptors (Lipinski definition) is 5. The Morgan fingerprint density at radius 3 is 2.62 bits per heavy atom. The molecule has 0 atom stereocenters. The quantitative estimate of drug-likeness (QED) is 0.537. The van der Waals surface area contributed by atoms with Gasteiger partial charge in [-0.15, -0.1) is 0 Å². The van der Waals surface area contributed by atoms with Gasteiger partial charge in [-0.3, -0.25) is 13.9 Å². The second-order valence-electron chi connectivity index (χ2n) is 5.30. The van der Waals surface area contributed by atoms with Gasteiger partial charge in [-0.05, 0) is 17.7 Å². The summed E-state index contributed by atoms with van der Waals surface area (Å²) in [6, 6.07) is 7.65. The van der Waals surface area contributed by atoms with Crippen LogP contribution in [0.25, 0.3) is 11.2 Å². The molecule has 0 aliphatic carbocycles. The molecule has 2 aromatic heterocycles. The molecule has 0 aliphatic heterocycles. The number of aromatic nitrogens is 4. The van der Waals surface area contributed by atoms with Crippen molar-refractivity contribution >= 4 is 39.3 Å². The van der Waals surface area contributed by atoms with Gasteiger partial charge in [0.1, 0.15) is 0 Å². The molecular formula is C15H15BrN6O2. The van der Waals surface area contributed by atoms with Gasteiger partial charge in [-0.25, -0.2) is 10.2 Å². The molecule has 0 saturated carbocycles. The predicted molar refractivity (Wildman–Crippen MR) is 96.6 cm³/mol. The van der Waals surface area contributed by atoms with E-state index in [0.717, 1.165) is 14.6 Å². The number of fused-ring (bicyclic) bond motifs is 1. The van der Waals surface area contributed by atoms with Crippen LogP contribution in [0.15, 0.2) is 43.4 Å². The second kappa shape index (κ2) is 6.08. The van der Waals surface area contributed by atoms with E-state index in [0.29, 0.717) is 17.1 Å². The number of benzene rings is 1. The number of nitrogens with one attached hydrogen (secondary N) is 1. The standard InChI is InChI=1S/C15H15BrN6O2/c1-20-11-12(21(2)15(24)22(3)13(11)23)18-14(20)19-17-8-9-5-4-6-10(16)7-9/h4-8H,1-3H3,(H,18,19). The van der Waals surface area contributed by atoms with Crippen LogP contribution in [0.2, 0.25) is 0 Å². The van der Waals surface area contributed by atoms with Gasteiger partial charge in [0.15, 0.2) is 11.2 Å². The Morgan fingerprint density at radius 2 is 1.92 bits per heavy atom. The highest BCUT2D eigenvalue weighted by atomic mass is 79.9. The molecule has 8 nitrogen and oxygen atoms in total. The summed E-state index contributed by atoms with van der Waals surface area (Å²) in [5.74, 6) is 0.370. The maximum absolute atomic E-state index is 12.3. The summed E-state index contributed by atoms with van der Waals surface area (Å²) in [5.41, 5.74) is 3.53. The molecule has 0 radical (unpaired) electrons. The lowest BCUT2D eigenvalue weighted by Crippen LogP contribution is -2.37. The molecule has 0 bridgehead atoms. The van der Waals surface area contributed by atoms with Gasteiger partial charge in [0.25, 0.3) is 5.56 Å². The van der Waals surface area contributed by atoms with Crippen LogP contribution in [0.4, 0.5) is 5.95 Å². The first-order valence-electron chi connectivity index (χ1n) is 7.07. The van der Waals surface area contributed by atoms with E-state index < -0.39 is 11.2 Å². The summed E-state index contributed by atoms with van der Waals surface area (Å²) in [6.45, 7) is 0. The van der Waals surface area contributed by atoms with E-state index in [2.05, 4.69) is 31.4 Å². The van der Waals surface area contributed by atoms with E-state index >= 15 is 0 Å². The Labute approximate surface area is 145 Å². The van der Waals surface area contributed by atoms with E-state index in [9.17, 15) is 9.59 Å². The Hall–Kier alpha value is -2.68. The van der Waals surface area contributed by atoms with Crippen molar-refractivity contribution in [1.82, 2.24) is 18.7 Å². The zero-order valence-corrected chi connectivity index (χ0v) is 14.9. The lowest BCUT2D eigenvalue weighted by Gasteiger charge is -2.03. The molecule has 3 aromatic rings. The van der Waals surface area contributed by atoms with Gasteiger partial charge in [0, 0.05) is 25.6 Å². The Balaban J connectivity index is 2.01. The first-order valence-corrected chi connectivity index (χ1v) is 7.86. The maximum Gasteiger partial charge on any atom is 0.332 e. The van der Waals surface area contributed by atoms with Gasteiger partial charge in [-0.2, -0.15) is 10.1 Å². The van der Waals surface area contributed by atoms with Crippen molar-refractivity contribution in [3.63, 3.8) is 0 Å². The SMILES string of the molecule is Cn1c(=O)c2c(nc(NN=Cc3cccc(Br)c3)n2C)n(C)c1=O. The minimum Gasteiger partial charge on any atom is -0.306 e. The van der Waals surface area contributed by atoms with E-state index in [-0.39, 0.29) is 0 Å². The fourth-order valence-corrected chi connectivity index (χ4v) is 2.79. The smallest absolute Gasteiger partial charge is 0.306 e. The number of hydrogen-bond donors (Lipinski definition) is 1. The Kier molecular flexibility index (Phi) is 4.10. The van der Waals surface area contributed by atoms with Crippen molar-refractivity contribution in [2.45, 2.75) is 0 Å². The first-order chi connectivity index (χ1) is 11.4.